The van der Waals surface area contributed by atoms with Gasteiger partial charge in [-0.3, -0.25) is 4.79 Å². The summed E-state index contributed by atoms with van der Waals surface area (Å²) in [5, 5.41) is 0. The number of carbonyl (C=O) groups is 1. The summed E-state index contributed by atoms with van der Waals surface area (Å²) in [5.41, 5.74) is 1.22. The molecule has 1 spiro atoms. The second-order valence-electron chi connectivity index (χ2n) is 6.12. The van der Waals surface area contributed by atoms with Crippen molar-refractivity contribution < 1.29 is 14.3 Å². The highest BCUT2D eigenvalue weighted by Gasteiger charge is 2.51. The largest absolute Gasteiger partial charge is 0.494 e. The number of ether oxygens (including phenoxy) is 2. The Morgan fingerprint density at radius 2 is 1.88 bits per heavy atom. The summed E-state index contributed by atoms with van der Waals surface area (Å²) in [4.78, 5) is 15.0. The van der Waals surface area contributed by atoms with Gasteiger partial charge in [-0.1, -0.05) is 12.1 Å². The van der Waals surface area contributed by atoms with Gasteiger partial charge in [-0.2, -0.15) is 0 Å². The van der Waals surface area contributed by atoms with Crippen LogP contribution in [0.3, 0.4) is 0 Å². The van der Waals surface area contributed by atoms with E-state index in [0.29, 0.717) is 17.9 Å². The molecule has 2 aromatic rings. The number of benzene rings is 2. The van der Waals surface area contributed by atoms with Crippen molar-refractivity contribution in [2.24, 2.45) is 0 Å². The van der Waals surface area contributed by atoms with Gasteiger partial charge in [0.25, 0.3) is 5.91 Å². The lowest BCUT2D eigenvalue weighted by Gasteiger charge is -2.35. The van der Waals surface area contributed by atoms with Gasteiger partial charge in [0.1, 0.15) is 17.1 Å². The number of methoxy groups -OCH3 is 1. The van der Waals surface area contributed by atoms with Gasteiger partial charge >= 0.3 is 0 Å². The number of fused-ring (bicyclic) bond motifs is 1. The average molecular weight is 453 g/mol. The fourth-order valence-corrected chi connectivity index (χ4v) is 4.53. The van der Waals surface area contributed by atoms with Crippen molar-refractivity contribution in [2.45, 2.75) is 18.4 Å². The summed E-state index contributed by atoms with van der Waals surface area (Å²) in [6.07, 6.45) is 1.97. The molecule has 1 aliphatic heterocycles. The topological polar surface area (TPSA) is 38.8 Å². The summed E-state index contributed by atoms with van der Waals surface area (Å²) in [6, 6.07) is 11.3. The Labute approximate surface area is 157 Å². The highest BCUT2D eigenvalue weighted by Crippen LogP contribution is 2.48. The monoisotopic (exact) mass is 451 g/mol. The quantitative estimate of drug-likeness (QED) is 0.657. The van der Waals surface area contributed by atoms with Crippen molar-refractivity contribution in [3.63, 3.8) is 0 Å². The highest BCUT2D eigenvalue weighted by atomic mass is 79.9. The van der Waals surface area contributed by atoms with Gasteiger partial charge in [-0.15, -0.1) is 0 Å². The SMILES string of the molecule is COc1c(Br)cc(C(=O)N2CC3(CC3)Oc3ccccc32)cc1Br. The average Bonchev–Trinajstić information content (AvgIpc) is 3.31. The zero-order valence-electron chi connectivity index (χ0n) is 13.0. The van der Waals surface area contributed by atoms with Crippen LogP contribution in [-0.2, 0) is 0 Å². The molecular weight excluding hydrogens is 438 g/mol. The van der Waals surface area contributed by atoms with Crippen LogP contribution in [-0.4, -0.2) is 25.2 Å². The van der Waals surface area contributed by atoms with Crippen molar-refractivity contribution in [3.8, 4) is 11.5 Å². The molecule has 1 heterocycles. The molecule has 124 valence electrons. The van der Waals surface area contributed by atoms with Crippen LogP contribution in [0, 0.1) is 0 Å². The maximum atomic E-state index is 13.2. The van der Waals surface area contributed by atoms with Gasteiger partial charge in [0.05, 0.1) is 28.3 Å². The zero-order chi connectivity index (χ0) is 16.9. The molecule has 0 saturated heterocycles. The van der Waals surface area contributed by atoms with Gasteiger partial charge in [0, 0.05) is 5.56 Å². The number of nitrogens with zero attached hydrogens (tertiary/aromatic N) is 1. The molecular formula is C18H15Br2NO3. The minimum Gasteiger partial charge on any atom is -0.494 e. The molecule has 0 radical (unpaired) electrons. The van der Waals surface area contributed by atoms with E-state index in [2.05, 4.69) is 31.9 Å². The predicted octanol–water partition coefficient (Wildman–Crippen LogP) is 4.79. The van der Waals surface area contributed by atoms with Crippen LogP contribution in [0.5, 0.6) is 11.5 Å². The van der Waals surface area contributed by atoms with E-state index in [0.717, 1.165) is 33.2 Å². The van der Waals surface area contributed by atoms with E-state index in [9.17, 15) is 4.79 Å². The summed E-state index contributed by atoms with van der Waals surface area (Å²) in [5.74, 6) is 1.41. The van der Waals surface area contributed by atoms with Gasteiger partial charge in [0.2, 0.25) is 0 Å². The van der Waals surface area contributed by atoms with E-state index in [-0.39, 0.29) is 11.5 Å². The molecule has 0 bridgehead atoms. The van der Waals surface area contributed by atoms with Gasteiger partial charge < -0.3 is 14.4 Å². The zero-order valence-corrected chi connectivity index (χ0v) is 16.2. The number of anilines is 1. The molecule has 6 heteroatoms. The van der Waals surface area contributed by atoms with Gasteiger partial charge in [0.15, 0.2) is 0 Å². The van der Waals surface area contributed by atoms with Crippen molar-refractivity contribution in [2.75, 3.05) is 18.6 Å². The first-order valence-corrected chi connectivity index (χ1v) is 9.24. The molecule has 4 rings (SSSR count). The molecule has 1 aliphatic carbocycles. The summed E-state index contributed by atoms with van der Waals surface area (Å²) in [7, 11) is 1.60. The van der Waals surface area contributed by atoms with E-state index in [1.54, 1.807) is 19.2 Å². The van der Waals surface area contributed by atoms with Crippen LogP contribution < -0.4 is 14.4 Å². The fraction of sp³-hybridized carbons (Fsp3) is 0.278. The van der Waals surface area contributed by atoms with Crippen LogP contribution in [0.15, 0.2) is 45.3 Å². The first-order chi connectivity index (χ1) is 11.5. The Bertz CT molecular complexity index is 810. The number of carbonyl (C=O) groups excluding carboxylic acids is 1. The lowest BCUT2D eigenvalue weighted by atomic mass is 10.1. The normalized spacial score (nSPS) is 17.2. The predicted molar refractivity (Wildman–Crippen MR) is 99.1 cm³/mol. The Morgan fingerprint density at radius 3 is 2.50 bits per heavy atom. The summed E-state index contributed by atoms with van der Waals surface area (Å²) >= 11 is 6.93. The number of amides is 1. The lowest BCUT2D eigenvalue weighted by Crippen LogP contribution is -2.45. The number of halogens is 2. The molecule has 1 amide bonds. The number of hydrogen-bond donors (Lipinski definition) is 0. The van der Waals surface area contributed by atoms with E-state index >= 15 is 0 Å². The molecule has 2 aromatic carbocycles. The second kappa shape index (κ2) is 5.77. The van der Waals surface area contributed by atoms with Gasteiger partial charge in [-0.25, -0.2) is 0 Å². The Morgan fingerprint density at radius 1 is 1.21 bits per heavy atom. The molecule has 24 heavy (non-hydrogen) atoms. The van der Waals surface area contributed by atoms with Gasteiger partial charge in [-0.05, 0) is 69.0 Å². The third-order valence-electron chi connectivity index (χ3n) is 4.43. The Balaban J connectivity index is 1.75. The smallest absolute Gasteiger partial charge is 0.258 e. The van der Waals surface area contributed by atoms with E-state index < -0.39 is 0 Å². The highest BCUT2D eigenvalue weighted by molar-refractivity contribution is 9.11. The van der Waals surface area contributed by atoms with Crippen LogP contribution in [0.1, 0.15) is 23.2 Å². The maximum Gasteiger partial charge on any atom is 0.258 e. The first kappa shape index (κ1) is 16.0. The van der Waals surface area contributed by atoms with E-state index in [1.165, 1.54) is 0 Å². The van der Waals surface area contributed by atoms with E-state index in [1.807, 2.05) is 29.2 Å². The molecule has 0 aromatic heterocycles. The molecule has 1 saturated carbocycles. The molecule has 0 unspecified atom stereocenters. The molecule has 4 nitrogen and oxygen atoms in total. The fourth-order valence-electron chi connectivity index (χ4n) is 3.02. The minimum absolute atomic E-state index is 0.0407. The number of hydrogen-bond acceptors (Lipinski definition) is 3. The molecule has 0 N–H and O–H groups in total. The molecule has 1 fully saturated rings. The van der Waals surface area contributed by atoms with Crippen LogP contribution in [0.2, 0.25) is 0 Å². The second-order valence-corrected chi connectivity index (χ2v) is 7.83. The van der Waals surface area contributed by atoms with Crippen molar-refractivity contribution in [1.29, 1.82) is 0 Å². The minimum atomic E-state index is -0.203. The summed E-state index contributed by atoms with van der Waals surface area (Å²) in [6.45, 7) is 0.587. The number of rotatable bonds is 2. The van der Waals surface area contributed by atoms with Crippen LogP contribution >= 0.6 is 31.9 Å². The lowest BCUT2D eigenvalue weighted by molar-refractivity contribution is 0.0943. The maximum absolute atomic E-state index is 13.2. The van der Waals surface area contributed by atoms with Crippen LogP contribution in [0.25, 0.3) is 0 Å². The van der Waals surface area contributed by atoms with Crippen molar-refractivity contribution in [1.82, 2.24) is 0 Å². The number of para-hydroxylation sites is 2. The molecule has 0 atom stereocenters. The van der Waals surface area contributed by atoms with Crippen LogP contribution in [0.4, 0.5) is 5.69 Å². The first-order valence-electron chi connectivity index (χ1n) is 7.66. The Hall–Kier alpha value is -1.53. The third-order valence-corrected chi connectivity index (χ3v) is 5.61. The summed E-state index contributed by atoms with van der Waals surface area (Å²) < 4.78 is 12.9. The van der Waals surface area contributed by atoms with E-state index in [4.69, 9.17) is 9.47 Å². The Kier molecular flexibility index (Phi) is 3.84. The molecule has 2 aliphatic rings. The van der Waals surface area contributed by atoms with Crippen molar-refractivity contribution >= 4 is 43.5 Å². The third kappa shape index (κ3) is 2.62. The standard InChI is InChI=1S/C18H15Br2NO3/c1-23-16-12(19)8-11(9-13(16)20)17(22)21-10-18(6-7-18)24-15-5-3-2-4-14(15)21/h2-5,8-9H,6-7,10H2,1H3. The van der Waals surface area contributed by atoms with Crippen molar-refractivity contribution in [3.05, 3.63) is 50.9 Å².